The summed E-state index contributed by atoms with van der Waals surface area (Å²) in [4.78, 5) is 20.6. The van der Waals surface area contributed by atoms with Crippen LogP contribution in [0.2, 0.25) is 0 Å². The van der Waals surface area contributed by atoms with Gasteiger partial charge in [-0.1, -0.05) is 6.07 Å². The SMILES string of the molecule is C[C@H](Nc1ncc(F)c(N2C(=O)OCC2[C@@H](C)O)n1)c1ccc(OCC(F)(F)F)c(F)c1. The smallest absolute Gasteiger partial charge is 0.422 e. The number of cyclic esters (lactones) is 1. The average Bonchev–Trinajstić information content (AvgIpc) is 3.09. The van der Waals surface area contributed by atoms with Crippen molar-refractivity contribution in [3.05, 3.63) is 41.6 Å². The number of aromatic nitrogens is 2. The van der Waals surface area contributed by atoms with E-state index in [0.29, 0.717) is 5.56 Å². The molecule has 1 aromatic heterocycles. The topological polar surface area (TPSA) is 96.8 Å². The van der Waals surface area contributed by atoms with E-state index in [0.717, 1.165) is 23.2 Å². The van der Waals surface area contributed by atoms with Crippen molar-refractivity contribution in [2.75, 3.05) is 23.4 Å². The van der Waals surface area contributed by atoms with Crippen LogP contribution < -0.4 is 15.0 Å². The minimum absolute atomic E-state index is 0.115. The van der Waals surface area contributed by atoms with Gasteiger partial charge in [-0.15, -0.1) is 0 Å². The first kappa shape index (κ1) is 23.4. The highest BCUT2D eigenvalue weighted by molar-refractivity contribution is 5.89. The van der Waals surface area contributed by atoms with E-state index < -0.39 is 60.3 Å². The molecule has 0 bridgehead atoms. The number of carbonyl (C=O) groups excluding carboxylic acids is 1. The Kier molecular flexibility index (Phi) is 6.67. The Bertz CT molecular complexity index is 989. The molecule has 0 saturated carbocycles. The molecule has 2 N–H and O–H groups in total. The maximum Gasteiger partial charge on any atom is 0.422 e. The van der Waals surface area contributed by atoms with Crippen LogP contribution in [0, 0.1) is 11.6 Å². The molecule has 32 heavy (non-hydrogen) atoms. The average molecular weight is 462 g/mol. The normalized spacial score (nSPS) is 18.3. The van der Waals surface area contributed by atoms with E-state index in [9.17, 15) is 31.9 Å². The number of rotatable bonds is 7. The molecule has 0 spiro atoms. The molecule has 1 fully saturated rings. The first-order valence-electron chi connectivity index (χ1n) is 9.38. The maximum atomic E-state index is 14.3. The van der Waals surface area contributed by atoms with Crippen molar-refractivity contribution in [1.29, 1.82) is 0 Å². The second-order valence-corrected chi connectivity index (χ2v) is 7.08. The Hall–Kier alpha value is -3.22. The van der Waals surface area contributed by atoms with Gasteiger partial charge in [0.05, 0.1) is 18.3 Å². The first-order chi connectivity index (χ1) is 15.0. The Morgan fingerprint density at radius 2 is 2.03 bits per heavy atom. The summed E-state index contributed by atoms with van der Waals surface area (Å²) in [7, 11) is 0. The monoisotopic (exact) mass is 462 g/mol. The highest BCUT2D eigenvalue weighted by Gasteiger charge is 2.40. The van der Waals surface area contributed by atoms with E-state index in [1.165, 1.54) is 13.0 Å². The van der Waals surface area contributed by atoms with Crippen molar-refractivity contribution in [3.63, 3.8) is 0 Å². The zero-order valence-electron chi connectivity index (χ0n) is 16.9. The lowest BCUT2D eigenvalue weighted by molar-refractivity contribution is -0.153. The number of hydrogen-bond acceptors (Lipinski definition) is 7. The molecule has 8 nitrogen and oxygen atoms in total. The van der Waals surface area contributed by atoms with E-state index >= 15 is 0 Å². The first-order valence-corrected chi connectivity index (χ1v) is 9.38. The van der Waals surface area contributed by atoms with Crippen LogP contribution in [0.1, 0.15) is 25.5 Å². The minimum Gasteiger partial charge on any atom is -0.481 e. The summed E-state index contributed by atoms with van der Waals surface area (Å²) < 4.78 is 74.5. The van der Waals surface area contributed by atoms with Gasteiger partial charge in [0.15, 0.2) is 29.8 Å². The molecule has 13 heteroatoms. The summed E-state index contributed by atoms with van der Waals surface area (Å²) in [6.45, 7) is 1.22. The lowest BCUT2D eigenvalue weighted by Crippen LogP contribution is -2.42. The van der Waals surface area contributed by atoms with E-state index in [1.54, 1.807) is 6.92 Å². The Morgan fingerprint density at radius 1 is 1.31 bits per heavy atom. The molecule has 0 aliphatic carbocycles. The molecular formula is C19H19F5N4O4. The number of nitrogens with zero attached hydrogens (tertiary/aromatic N) is 3. The van der Waals surface area contributed by atoms with Crippen molar-refractivity contribution in [1.82, 2.24) is 9.97 Å². The van der Waals surface area contributed by atoms with Gasteiger partial charge in [0.2, 0.25) is 5.95 Å². The standard InChI is InChI=1S/C19H19F5N4O4/c1-9(11-3-4-15(12(20)5-11)32-8-19(22,23)24)26-17-25-6-13(21)16(27-17)28-14(10(2)29)7-31-18(28)30/h3-6,9-10,14,29H,7-8H2,1-2H3,(H,25,26,27)/t9-,10+,14?/m0/s1. The summed E-state index contributed by atoms with van der Waals surface area (Å²) in [6, 6.07) is 1.87. The molecule has 2 aromatic rings. The number of aliphatic hydroxyl groups is 1. The van der Waals surface area contributed by atoms with Gasteiger partial charge in [0.1, 0.15) is 12.6 Å². The van der Waals surface area contributed by atoms with Crippen LogP contribution in [0.25, 0.3) is 0 Å². The van der Waals surface area contributed by atoms with Crippen LogP contribution in [0.3, 0.4) is 0 Å². The van der Waals surface area contributed by atoms with Gasteiger partial charge in [-0.3, -0.25) is 0 Å². The Balaban J connectivity index is 1.77. The molecule has 3 rings (SSSR count). The molecule has 1 amide bonds. The van der Waals surface area contributed by atoms with Crippen LogP contribution in [0.5, 0.6) is 5.75 Å². The molecule has 1 aliphatic heterocycles. The van der Waals surface area contributed by atoms with Crippen molar-refractivity contribution in [2.24, 2.45) is 0 Å². The van der Waals surface area contributed by atoms with Crippen molar-refractivity contribution < 1.29 is 41.3 Å². The highest BCUT2D eigenvalue weighted by Crippen LogP contribution is 2.29. The number of halogens is 5. The fraction of sp³-hybridized carbons (Fsp3) is 0.421. The van der Waals surface area contributed by atoms with E-state index in [-0.39, 0.29) is 12.6 Å². The largest absolute Gasteiger partial charge is 0.481 e. The van der Waals surface area contributed by atoms with Crippen LogP contribution in [-0.4, -0.2) is 52.7 Å². The molecule has 1 aliphatic rings. The number of aliphatic hydroxyl groups excluding tert-OH is 1. The summed E-state index contributed by atoms with van der Waals surface area (Å²) in [5.41, 5.74) is 0.318. The highest BCUT2D eigenvalue weighted by atomic mass is 19.4. The number of amides is 1. The molecule has 1 saturated heterocycles. The van der Waals surface area contributed by atoms with Gasteiger partial charge >= 0.3 is 12.3 Å². The van der Waals surface area contributed by atoms with Crippen molar-refractivity contribution >= 4 is 17.9 Å². The Labute approximate surface area is 179 Å². The van der Waals surface area contributed by atoms with Crippen molar-refractivity contribution in [2.45, 2.75) is 38.2 Å². The predicted octanol–water partition coefficient (Wildman–Crippen LogP) is 3.58. The van der Waals surface area contributed by atoms with Crippen LogP contribution in [0.15, 0.2) is 24.4 Å². The quantitative estimate of drug-likeness (QED) is 0.608. The number of alkyl halides is 3. The third-order valence-electron chi connectivity index (χ3n) is 4.61. The number of carbonyl (C=O) groups is 1. The Morgan fingerprint density at radius 3 is 2.66 bits per heavy atom. The lowest BCUT2D eigenvalue weighted by Gasteiger charge is -2.23. The summed E-state index contributed by atoms with van der Waals surface area (Å²) in [6.07, 6.45) is -5.70. The fourth-order valence-electron chi connectivity index (χ4n) is 2.97. The van der Waals surface area contributed by atoms with E-state index in [2.05, 4.69) is 20.0 Å². The van der Waals surface area contributed by atoms with Gasteiger partial charge in [-0.2, -0.15) is 18.2 Å². The zero-order chi connectivity index (χ0) is 23.6. The summed E-state index contributed by atoms with van der Waals surface area (Å²) >= 11 is 0. The second kappa shape index (κ2) is 9.10. The second-order valence-electron chi connectivity index (χ2n) is 7.08. The minimum atomic E-state index is -4.60. The fourth-order valence-corrected chi connectivity index (χ4v) is 2.97. The third-order valence-corrected chi connectivity index (χ3v) is 4.61. The number of benzene rings is 1. The zero-order valence-corrected chi connectivity index (χ0v) is 16.9. The maximum absolute atomic E-state index is 14.3. The van der Waals surface area contributed by atoms with Crippen LogP contribution in [-0.2, 0) is 4.74 Å². The van der Waals surface area contributed by atoms with Gasteiger partial charge in [0, 0.05) is 0 Å². The third kappa shape index (κ3) is 5.33. The molecule has 174 valence electrons. The van der Waals surface area contributed by atoms with Crippen LogP contribution in [0.4, 0.5) is 38.5 Å². The van der Waals surface area contributed by atoms with Crippen LogP contribution >= 0.6 is 0 Å². The van der Waals surface area contributed by atoms with E-state index in [1.807, 2.05) is 0 Å². The number of anilines is 2. The summed E-state index contributed by atoms with van der Waals surface area (Å²) in [5.74, 6) is -3.01. The predicted molar refractivity (Wildman–Crippen MR) is 101 cm³/mol. The van der Waals surface area contributed by atoms with Gasteiger partial charge in [-0.25, -0.2) is 23.5 Å². The molecule has 0 radical (unpaired) electrons. The van der Waals surface area contributed by atoms with Gasteiger partial charge < -0.3 is 19.9 Å². The molecule has 2 heterocycles. The van der Waals surface area contributed by atoms with Gasteiger partial charge in [-0.05, 0) is 31.5 Å². The number of nitrogens with one attached hydrogen (secondary N) is 1. The van der Waals surface area contributed by atoms with Crippen molar-refractivity contribution in [3.8, 4) is 5.75 Å². The molecule has 1 unspecified atom stereocenters. The molecule has 1 aromatic carbocycles. The lowest BCUT2D eigenvalue weighted by atomic mass is 10.1. The molecule has 3 atom stereocenters. The molecular weight excluding hydrogens is 443 g/mol. The number of ether oxygens (including phenoxy) is 2. The van der Waals surface area contributed by atoms with E-state index in [4.69, 9.17) is 4.74 Å². The number of hydrogen-bond donors (Lipinski definition) is 2. The van der Waals surface area contributed by atoms with Gasteiger partial charge in [0.25, 0.3) is 0 Å². The summed E-state index contributed by atoms with van der Waals surface area (Å²) in [5, 5.41) is 12.6.